The Morgan fingerprint density at radius 2 is 1.83 bits per heavy atom. The molecule has 1 amide bonds. The second-order valence-electron chi connectivity index (χ2n) is 7.73. The summed E-state index contributed by atoms with van der Waals surface area (Å²) in [5.41, 5.74) is 0.803. The lowest BCUT2D eigenvalue weighted by atomic mass is 10.1. The quantitative estimate of drug-likeness (QED) is 0.326. The molecule has 0 aromatic heterocycles. The first-order valence-electron chi connectivity index (χ1n) is 10.5. The number of hydrogen-bond donors (Lipinski definition) is 1. The van der Waals surface area contributed by atoms with E-state index in [1.165, 1.54) is 44.4 Å². The van der Waals surface area contributed by atoms with Crippen molar-refractivity contribution in [3.8, 4) is 5.75 Å². The van der Waals surface area contributed by atoms with E-state index in [1.807, 2.05) is 30.3 Å². The predicted molar refractivity (Wildman–Crippen MR) is 133 cm³/mol. The number of nitro groups is 1. The lowest BCUT2D eigenvalue weighted by molar-refractivity contribution is -0.385. The molecule has 1 N–H and O–H groups in total. The number of rotatable bonds is 9. The van der Waals surface area contributed by atoms with Crippen molar-refractivity contribution in [2.24, 2.45) is 0 Å². The van der Waals surface area contributed by atoms with Crippen LogP contribution in [0.2, 0.25) is 5.02 Å². The number of carbonyl (C=O) groups is 1. The summed E-state index contributed by atoms with van der Waals surface area (Å²) in [4.78, 5) is 23.4. The van der Waals surface area contributed by atoms with Gasteiger partial charge in [0.1, 0.15) is 12.3 Å². The van der Waals surface area contributed by atoms with Crippen LogP contribution in [0.15, 0.2) is 71.6 Å². The highest BCUT2D eigenvalue weighted by Gasteiger charge is 2.31. The van der Waals surface area contributed by atoms with Crippen LogP contribution < -0.4 is 14.4 Å². The molecule has 35 heavy (non-hydrogen) atoms. The molecule has 0 saturated carbocycles. The van der Waals surface area contributed by atoms with Crippen LogP contribution in [0.3, 0.4) is 0 Å². The maximum absolute atomic E-state index is 13.7. The van der Waals surface area contributed by atoms with Crippen molar-refractivity contribution in [2.45, 2.75) is 24.8 Å². The van der Waals surface area contributed by atoms with Crippen LogP contribution in [0.5, 0.6) is 5.75 Å². The van der Waals surface area contributed by atoms with Crippen molar-refractivity contribution in [3.63, 3.8) is 0 Å². The number of sulfonamides is 1. The number of methoxy groups -OCH3 is 1. The van der Waals surface area contributed by atoms with E-state index < -0.39 is 33.4 Å². The lowest BCUT2D eigenvalue weighted by Crippen LogP contribution is -2.41. The van der Waals surface area contributed by atoms with Crippen LogP contribution in [-0.4, -0.2) is 32.9 Å². The van der Waals surface area contributed by atoms with Gasteiger partial charge in [-0.15, -0.1) is 0 Å². The predicted octanol–water partition coefficient (Wildman–Crippen LogP) is 4.64. The van der Waals surface area contributed by atoms with Gasteiger partial charge in [0.05, 0.1) is 28.7 Å². The van der Waals surface area contributed by atoms with Gasteiger partial charge in [-0.1, -0.05) is 48.0 Å². The summed E-state index contributed by atoms with van der Waals surface area (Å²) in [7, 11) is -3.09. The number of hydrogen-bond acceptors (Lipinski definition) is 6. The molecule has 0 heterocycles. The summed E-state index contributed by atoms with van der Waals surface area (Å²) in [6.07, 6.45) is 0. The van der Waals surface area contributed by atoms with Crippen molar-refractivity contribution in [1.29, 1.82) is 0 Å². The number of nitrogens with one attached hydrogen (secondary N) is 1. The molecule has 11 heteroatoms. The Kier molecular flexibility index (Phi) is 7.98. The first-order valence-corrected chi connectivity index (χ1v) is 12.3. The average molecular weight is 518 g/mol. The molecule has 9 nitrogen and oxygen atoms in total. The van der Waals surface area contributed by atoms with Crippen molar-refractivity contribution in [3.05, 3.63) is 93.0 Å². The van der Waals surface area contributed by atoms with E-state index in [4.69, 9.17) is 16.3 Å². The minimum Gasteiger partial charge on any atom is -0.495 e. The first-order chi connectivity index (χ1) is 16.5. The van der Waals surface area contributed by atoms with Crippen LogP contribution in [0.4, 0.5) is 11.4 Å². The van der Waals surface area contributed by atoms with Crippen molar-refractivity contribution < 1.29 is 22.9 Å². The number of amides is 1. The molecular weight excluding hydrogens is 494 g/mol. The molecule has 0 bridgehead atoms. The molecular formula is C24H24ClN3O6S. The van der Waals surface area contributed by atoms with Gasteiger partial charge in [0.2, 0.25) is 5.91 Å². The van der Waals surface area contributed by atoms with Gasteiger partial charge in [-0.05, 0) is 43.7 Å². The number of halogens is 1. The molecule has 0 aliphatic heterocycles. The Bertz CT molecular complexity index is 1350. The second kappa shape index (κ2) is 10.7. The Hall–Kier alpha value is -3.63. The first kappa shape index (κ1) is 26.0. The maximum Gasteiger partial charge on any atom is 0.273 e. The van der Waals surface area contributed by atoms with Gasteiger partial charge in [0, 0.05) is 16.7 Å². The van der Waals surface area contributed by atoms with Crippen molar-refractivity contribution >= 4 is 38.9 Å². The number of benzene rings is 3. The number of anilines is 1. The minimum absolute atomic E-state index is 0.0192. The van der Waals surface area contributed by atoms with Gasteiger partial charge >= 0.3 is 0 Å². The third-order valence-electron chi connectivity index (χ3n) is 5.34. The zero-order chi connectivity index (χ0) is 25.8. The SMILES string of the molecule is COc1ccc(Cl)cc1N(CC(=O)N[C@@H](C)c1ccccc1)S(=O)(=O)c1ccc(C)c([N+](=O)[O-])c1. The van der Waals surface area contributed by atoms with Gasteiger partial charge in [-0.2, -0.15) is 0 Å². The molecule has 3 aromatic rings. The molecule has 0 fully saturated rings. The fourth-order valence-corrected chi connectivity index (χ4v) is 5.08. The molecule has 0 aliphatic rings. The summed E-state index contributed by atoms with van der Waals surface area (Å²) in [5.74, 6) is -0.433. The molecule has 184 valence electrons. The summed E-state index contributed by atoms with van der Waals surface area (Å²) in [6.45, 7) is 2.66. The lowest BCUT2D eigenvalue weighted by Gasteiger charge is -2.26. The highest BCUT2D eigenvalue weighted by Crippen LogP contribution is 2.35. The molecule has 1 atom stereocenters. The highest BCUT2D eigenvalue weighted by molar-refractivity contribution is 7.92. The van der Waals surface area contributed by atoms with E-state index in [0.717, 1.165) is 15.9 Å². The monoisotopic (exact) mass is 517 g/mol. The Morgan fingerprint density at radius 1 is 1.14 bits per heavy atom. The molecule has 0 unspecified atom stereocenters. The topological polar surface area (TPSA) is 119 Å². The standard InChI is InChI=1S/C24H24ClN3O6S/c1-16-9-11-20(14-21(16)28(30)31)35(32,33)27(22-13-19(25)10-12-23(22)34-3)15-24(29)26-17(2)18-7-5-4-6-8-18/h4-14,17H,15H2,1-3H3,(H,26,29)/t17-/m0/s1. The van der Waals surface area contributed by atoms with E-state index in [0.29, 0.717) is 5.56 Å². The fraction of sp³-hybridized carbons (Fsp3) is 0.208. The normalized spacial score (nSPS) is 12.0. The Balaban J connectivity index is 2.05. The van der Waals surface area contributed by atoms with Gasteiger partial charge in [0.25, 0.3) is 15.7 Å². The van der Waals surface area contributed by atoms with E-state index in [2.05, 4.69) is 5.32 Å². The number of ether oxygens (including phenoxy) is 1. The third kappa shape index (κ3) is 5.90. The van der Waals surface area contributed by atoms with Gasteiger partial charge in [0.15, 0.2) is 0 Å². The van der Waals surface area contributed by atoms with E-state index >= 15 is 0 Å². The molecule has 3 aromatic carbocycles. The Morgan fingerprint density at radius 3 is 2.46 bits per heavy atom. The van der Waals surface area contributed by atoms with Crippen LogP contribution in [0, 0.1) is 17.0 Å². The van der Waals surface area contributed by atoms with Crippen molar-refractivity contribution in [2.75, 3.05) is 18.0 Å². The number of nitro benzene ring substituents is 1. The molecule has 0 saturated heterocycles. The van der Waals surface area contributed by atoms with Gasteiger partial charge < -0.3 is 10.1 Å². The van der Waals surface area contributed by atoms with E-state index in [9.17, 15) is 23.3 Å². The summed E-state index contributed by atoms with van der Waals surface area (Å²) in [6, 6.07) is 16.7. The zero-order valence-corrected chi connectivity index (χ0v) is 20.8. The maximum atomic E-state index is 13.7. The van der Waals surface area contributed by atoms with Crippen LogP contribution in [0.1, 0.15) is 24.1 Å². The van der Waals surface area contributed by atoms with Crippen LogP contribution >= 0.6 is 11.6 Å². The minimum atomic E-state index is -4.44. The number of carbonyl (C=O) groups excluding carboxylic acids is 1. The summed E-state index contributed by atoms with van der Waals surface area (Å²) >= 11 is 6.14. The third-order valence-corrected chi connectivity index (χ3v) is 7.33. The van der Waals surface area contributed by atoms with E-state index in [-0.39, 0.29) is 27.0 Å². The molecule has 0 spiro atoms. The molecule has 0 radical (unpaired) electrons. The van der Waals surface area contributed by atoms with Crippen molar-refractivity contribution in [1.82, 2.24) is 5.32 Å². The molecule has 0 aliphatic carbocycles. The Labute approximate surface area is 208 Å². The summed E-state index contributed by atoms with van der Waals surface area (Å²) in [5, 5.41) is 14.4. The molecule has 3 rings (SSSR count). The highest BCUT2D eigenvalue weighted by atomic mass is 35.5. The van der Waals surface area contributed by atoms with Gasteiger partial charge in [-0.3, -0.25) is 19.2 Å². The van der Waals surface area contributed by atoms with Gasteiger partial charge in [-0.25, -0.2) is 8.42 Å². The zero-order valence-electron chi connectivity index (χ0n) is 19.3. The largest absolute Gasteiger partial charge is 0.495 e. The average Bonchev–Trinajstić information content (AvgIpc) is 2.82. The van der Waals surface area contributed by atoms with Crippen LogP contribution in [0.25, 0.3) is 0 Å². The number of aryl methyl sites for hydroxylation is 1. The summed E-state index contributed by atoms with van der Waals surface area (Å²) < 4.78 is 33.6. The smallest absolute Gasteiger partial charge is 0.273 e. The number of nitrogens with zero attached hydrogens (tertiary/aromatic N) is 2. The fourth-order valence-electron chi connectivity index (χ4n) is 3.47. The second-order valence-corrected chi connectivity index (χ2v) is 10.0. The van der Waals surface area contributed by atoms with Crippen LogP contribution in [-0.2, 0) is 14.8 Å². The van der Waals surface area contributed by atoms with E-state index in [1.54, 1.807) is 6.92 Å².